The van der Waals surface area contributed by atoms with E-state index in [0.29, 0.717) is 0 Å². The van der Waals surface area contributed by atoms with Gasteiger partial charge in [-0.05, 0) is 26.2 Å². The molecule has 74 valence electrons. The molecule has 3 heteroatoms. The van der Waals surface area contributed by atoms with Crippen molar-refractivity contribution >= 4 is 0 Å². The van der Waals surface area contributed by atoms with Crippen LogP contribution in [-0.2, 0) is 9.47 Å². The maximum Gasteiger partial charge on any atom is 0.0487 e. The summed E-state index contributed by atoms with van der Waals surface area (Å²) in [4.78, 5) is 0. The van der Waals surface area contributed by atoms with E-state index >= 15 is 0 Å². The van der Waals surface area contributed by atoms with E-state index in [1.165, 1.54) is 0 Å². The molecule has 0 bridgehead atoms. The highest BCUT2D eigenvalue weighted by molar-refractivity contribution is 4.37. The number of unbranched alkanes of at least 4 members (excludes halogenated alkanes) is 1. The smallest absolute Gasteiger partial charge is 0.0487 e. The summed E-state index contributed by atoms with van der Waals surface area (Å²) in [6.07, 6.45) is 2.75. The van der Waals surface area contributed by atoms with Gasteiger partial charge in [-0.15, -0.1) is 0 Å². The molecule has 0 amide bonds. The molecule has 0 saturated carbocycles. The number of rotatable bonds is 9. The highest BCUT2D eigenvalue weighted by Gasteiger charge is 1.89. The third-order valence-corrected chi connectivity index (χ3v) is 1.48. The average molecular weight is 176 g/mol. The Balaban J connectivity index is 2.73. The first-order chi connectivity index (χ1) is 5.91. The fourth-order valence-electron chi connectivity index (χ4n) is 0.825. The van der Waals surface area contributed by atoms with Crippen LogP contribution in [0.1, 0.15) is 26.2 Å². The largest absolute Gasteiger partial charge is 0.396 e. The Bertz CT molecular complexity index is 66.2. The van der Waals surface area contributed by atoms with Crippen LogP contribution in [-0.4, -0.2) is 38.1 Å². The molecule has 0 aromatic heterocycles. The maximum absolute atomic E-state index is 8.46. The van der Waals surface area contributed by atoms with Crippen molar-refractivity contribution in [2.45, 2.75) is 26.2 Å². The van der Waals surface area contributed by atoms with Gasteiger partial charge in [0.05, 0.1) is 0 Å². The van der Waals surface area contributed by atoms with Gasteiger partial charge in [-0.2, -0.15) is 0 Å². The fraction of sp³-hybridized carbons (Fsp3) is 1.00. The minimum Gasteiger partial charge on any atom is -0.396 e. The fourth-order valence-corrected chi connectivity index (χ4v) is 0.825. The van der Waals surface area contributed by atoms with Gasteiger partial charge in [0.1, 0.15) is 0 Å². The third kappa shape index (κ3) is 9.88. The maximum atomic E-state index is 8.46. The second-order valence-electron chi connectivity index (χ2n) is 2.59. The van der Waals surface area contributed by atoms with Crippen molar-refractivity contribution in [1.29, 1.82) is 0 Å². The Kier molecular flexibility index (Phi) is 10.8. The van der Waals surface area contributed by atoms with E-state index in [9.17, 15) is 0 Å². The number of hydrogen-bond donors (Lipinski definition) is 1. The van der Waals surface area contributed by atoms with Gasteiger partial charge in [0, 0.05) is 33.0 Å². The van der Waals surface area contributed by atoms with Crippen LogP contribution in [0.3, 0.4) is 0 Å². The zero-order valence-corrected chi connectivity index (χ0v) is 7.92. The first-order valence-corrected chi connectivity index (χ1v) is 4.68. The topological polar surface area (TPSA) is 38.7 Å². The van der Waals surface area contributed by atoms with Crippen molar-refractivity contribution in [1.82, 2.24) is 0 Å². The third-order valence-electron chi connectivity index (χ3n) is 1.48. The van der Waals surface area contributed by atoms with Crippen molar-refractivity contribution in [2.75, 3.05) is 33.0 Å². The molecule has 0 aliphatic rings. The van der Waals surface area contributed by atoms with Crippen LogP contribution in [0, 0.1) is 0 Å². The monoisotopic (exact) mass is 176 g/mol. The number of aliphatic hydroxyl groups is 1. The molecule has 12 heavy (non-hydrogen) atoms. The quantitative estimate of drug-likeness (QED) is 0.536. The molecule has 0 spiro atoms. The molecular weight excluding hydrogens is 156 g/mol. The van der Waals surface area contributed by atoms with Crippen LogP contribution in [0.15, 0.2) is 0 Å². The van der Waals surface area contributed by atoms with Gasteiger partial charge in [0.15, 0.2) is 0 Å². The summed E-state index contributed by atoms with van der Waals surface area (Å²) in [6.45, 7) is 5.35. The summed E-state index contributed by atoms with van der Waals surface area (Å²) < 4.78 is 10.4. The van der Waals surface area contributed by atoms with E-state index in [1.54, 1.807) is 0 Å². The molecule has 0 saturated heterocycles. The summed E-state index contributed by atoms with van der Waals surface area (Å²) in [5.41, 5.74) is 0. The predicted octanol–water partition coefficient (Wildman–Crippen LogP) is 1.20. The van der Waals surface area contributed by atoms with Crippen LogP contribution in [0.2, 0.25) is 0 Å². The first kappa shape index (κ1) is 11.9. The van der Waals surface area contributed by atoms with Crippen molar-refractivity contribution in [3.63, 3.8) is 0 Å². The average Bonchev–Trinajstić information content (AvgIpc) is 2.10. The van der Waals surface area contributed by atoms with Gasteiger partial charge >= 0.3 is 0 Å². The second kappa shape index (κ2) is 10.9. The zero-order chi connectivity index (χ0) is 9.07. The Morgan fingerprint density at radius 3 is 2.25 bits per heavy atom. The van der Waals surface area contributed by atoms with Gasteiger partial charge in [0.2, 0.25) is 0 Å². The minimum absolute atomic E-state index is 0.266. The van der Waals surface area contributed by atoms with E-state index in [4.69, 9.17) is 14.6 Å². The summed E-state index contributed by atoms with van der Waals surface area (Å²) >= 11 is 0. The lowest BCUT2D eigenvalue weighted by atomic mass is 10.3. The molecule has 0 aliphatic heterocycles. The molecule has 0 aliphatic carbocycles. The summed E-state index contributed by atoms with van der Waals surface area (Å²) in [6, 6.07) is 0. The van der Waals surface area contributed by atoms with Gasteiger partial charge in [-0.25, -0.2) is 0 Å². The Labute approximate surface area is 74.7 Å². The lowest BCUT2D eigenvalue weighted by Crippen LogP contribution is -2.02. The molecule has 3 nitrogen and oxygen atoms in total. The van der Waals surface area contributed by atoms with Crippen LogP contribution in [0.25, 0.3) is 0 Å². The highest BCUT2D eigenvalue weighted by Crippen LogP contribution is 1.90. The van der Waals surface area contributed by atoms with E-state index in [1.807, 2.05) is 6.92 Å². The lowest BCUT2D eigenvalue weighted by Gasteiger charge is -2.03. The van der Waals surface area contributed by atoms with Crippen LogP contribution in [0.4, 0.5) is 0 Å². The number of hydrogen-bond acceptors (Lipinski definition) is 3. The van der Waals surface area contributed by atoms with Crippen molar-refractivity contribution < 1.29 is 14.6 Å². The Morgan fingerprint density at radius 1 is 0.917 bits per heavy atom. The van der Waals surface area contributed by atoms with Crippen molar-refractivity contribution in [3.05, 3.63) is 0 Å². The first-order valence-electron chi connectivity index (χ1n) is 4.68. The Morgan fingerprint density at radius 2 is 1.58 bits per heavy atom. The van der Waals surface area contributed by atoms with Gasteiger partial charge in [-0.1, -0.05) is 0 Å². The molecule has 0 radical (unpaired) electrons. The molecule has 0 fully saturated rings. The normalized spacial score (nSPS) is 10.5. The van der Waals surface area contributed by atoms with Crippen LogP contribution in [0.5, 0.6) is 0 Å². The second-order valence-corrected chi connectivity index (χ2v) is 2.59. The molecule has 0 aromatic rings. The highest BCUT2D eigenvalue weighted by atomic mass is 16.5. The SMILES string of the molecule is CCOCCCOCCCCO. The Hall–Kier alpha value is -0.120. The molecule has 0 heterocycles. The molecule has 0 rings (SSSR count). The molecule has 0 unspecified atom stereocenters. The standard InChI is InChI=1S/C9H20O3/c1-2-11-8-5-9-12-7-4-3-6-10/h10H,2-9H2,1H3. The minimum atomic E-state index is 0.266. The molecular formula is C9H20O3. The van der Waals surface area contributed by atoms with E-state index in [2.05, 4.69) is 0 Å². The van der Waals surface area contributed by atoms with E-state index in [-0.39, 0.29) is 6.61 Å². The lowest BCUT2D eigenvalue weighted by molar-refractivity contribution is 0.0844. The predicted molar refractivity (Wildman–Crippen MR) is 48.2 cm³/mol. The van der Waals surface area contributed by atoms with Crippen molar-refractivity contribution in [3.8, 4) is 0 Å². The van der Waals surface area contributed by atoms with Gasteiger partial charge in [0.25, 0.3) is 0 Å². The van der Waals surface area contributed by atoms with Gasteiger partial charge in [-0.3, -0.25) is 0 Å². The summed E-state index contributed by atoms with van der Waals surface area (Å²) in [5.74, 6) is 0. The van der Waals surface area contributed by atoms with Crippen LogP contribution >= 0.6 is 0 Å². The van der Waals surface area contributed by atoms with Crippen molar-refractivity contribution in [2.24, 2.45) is 0 Å². The number of ether oxygens (including phenoxy) is 2. The molecule has 1 N–H and O–H groups in total. The van der Waals surface area contributed by atoms with Gasteiger partial charge < -0.3 is 14.6 Å². The summed E-state index contributed by atoms with van der Waals surface area (Å²) in [7, 11) is 0. The molecule has 0 atom stereocenters. The van der Waals surface area contributed by atoms with E-state index < -0.39 is 0 Å². The van der Waals surface area contributed by atoms with Crippen LogP contribution < -0.4 is 0 Å². The molecule has 0 aromatic carbocycles. The van der Waals surface area contributed by atoms with E-state index in [0.717, 1.165) is 45.7 Å². The zero-order valence-electron chi connectivity index (χ0n) is 7.92. The summed E-state index contributed by atoms with van der Waals surface area (Å²) in [5, 5.41) is 8.46. The number of aliphatic hydroxyl groups excluding tert-OH is 1.